The monoisotopic (exact) mass is 367 g/mol. The molecule has 0 spiro atoms. The topological polar surface area (TPSA) is 60.9 Å². The van der Waals surface area contributed by atoms with Gasteiger partial charge < -0.3 is 4.90 Å². The summed E-state index contributed by atoms with van der Waals surface area (Å²) in [5, 5.41) is 0. The van der Waals surface area contributed by atoms with E-state index in [1.807, 2.05) is 23.1 Å². The van der Waals surface area contributed by atoms with Gasteiger partial charge >= 0.3 is 0 Å². The van der Waals surface area contributed by atoms with E-state index < -0.39 is 10.0 Å². The highest BCUT2D eigenvalue weighted by Crippen LogP contribution is 2.17. The highest BCUT2D eigenvalue weighted by atomic mass is 32.2. The Hall–Kier alpha value is -1.44. The van der Waals surface area contributed by atoms with E-state index in [4.69, 9.17) is 0 Å². The van der Waals surface area contributed by atoms with Gasteiger partial charge in [-0.15, -0.1) is 0 Å². The minimum atomic E-state index is -3.33. The van der Waals surface area contributed by atoms with E-state index in [-0.39, 0.29) is 18.1 Å². The predicted octanol–water partition coefficient (Wildman–Crippen LogP) is 1.39. The number of nitrogens with zero attached hydrogens (tertiary/aromatic N) is 3. The van der Waals surface area contributed by atoms with E-state index in [9.17, 15) is 13.2 Å². The number of hydrogen-bond donors (Lipinski definition) is 0. The summed E-state index contributed by atoms with van der Waals surface area (Å²) in [6.45, 7) is 5.16. The van der Waals surface area contributed by atoms with Crippen molar-refractivity contribution >= 4 is 15.9 Å². The molecule has 1 fully saturated rings. The van der Waals surface area contributed by atoms with Crippen LogP contribution >= 0.6 is 0 Å². The van der Waals surface area contributed by atoms with Gasteiger partial charge in [-0.3, -0.25) is 9.69 Å². The lowest BCUT2D eigenvalue weighted by Gasteiger charge is -2.41. The van der Waals surface area contributed by atoms with E-state index >= 15 is 0 Å². The Morgan fingerprint density at radius 1 is 1.20 bits per heavy atom. The van der Waals surface area contributed by atoms with Crippen LogP contribution in [0.2, 0.25) is 0 Å². The second-order valence-corrected chi connectivity index (χ2v) is 9.01. The third-order valence-corrected chi connectivity index (χ3v) is 6.62. The molecule has 0 radical (unpaired) electrons. The van der Waals surface area contributed by atoms with Crippen LogP contribution in [0.4, 0.5) is 0 Å². The molecule has 1 atom stereocenters. The molecule has 1 amide bonds. The lowest BCUT2D eigenvalue weighted by atomic mass is 10.1. The maximum absolute atomic E-state index is 12.4. The molecule has 1 aliphatic heterocycles. The molecule has 2 rings (SSSR count). The summed E-state index contributed by atoms with van der Waals surface area (Å²) in [5.74, 6) is -0.192. The van der Waals surface area contributed by atoms with Gasteiger partial charge in [-0.1, -0.05) is 37.3 Å². The van der Waals surface area contributed by atoms with Gasteiger partial charge in [-0.25, -0.2) is 12.7 Å². The van der Waals surface area contributed by atoms with Crippen molar-refractivity contribution in [1.29, 1.82) is 0 Å². The smallest absolute Gasteiger partial charge is 0.223 e. The average molecular weight is 368 g/mol. The second-order valence-electron chi connectivity index (χ2n) is 6.71. The number of hydrogen-bond acceptors (Lipinski definition) is 4. The van der Waals surface area contributed by atoms with Crippen molar-refractivity contribution in [2.24, 2.45) is 0 Å². The molecule has 1 heterocycles. The molecule has 1 unspecified atom stereocenters. The van der Waals surface area contributed by atoms with Gasteiger partial charge in [0.15, 0.2) is 0 Å². The summed E-state index contributed by atoms with van der Waals surface area (Å²) in [7, 11) is -0.336. The predicted molar refractivity (Wildman–Crippen MR) is 99.6 cm³/mol. The second kappa shape index (κ2) is 8.78. The molecule has 0 aliphatic carbocycles. The zero-order valence-corrected chi connectivity index (χ0v) is 16.2. The van der Waals surface area contributed by atoms with Crippen molar-refractivity contribution in [2.75, 3.05) is 39.5 Å². The summed E-state index contributed by atoms with van der Waals surface area (Å²) in [6.07, 6.45) is 1.02. The normalized spacial score (nSPS) is 19.4. The molecule has 140 valence electrons. The molecule has 1 aliphatic rings. The number of amides is 1. The average Bonchev–Trinajstić information content (AvgIpc) is 2.60. The Bertz CT molecular complexity index is 661. The minimum absolute atomic E-state index is 0.0512. The van der Waals surface area contributed by atoms with Crippen molar-refractivity contribution < 1.29 is 13.2 Å². The first-order valence-corrected chi connectivity index (χ1v) is 10.4. The fourth-order valence-electron chi connectivity index (χ4n) is 3.09. The Morgan fingerprint density at radius 2 is 1.88 bits per heavy atom. The first-order chi connectivity index (χ1) is 11.8. The maximum Gasteiger partial charge on any atom is 0.223 e. The molecular formula is C18H29N3O3S. The van der Waals surface area contributed by atoms with Crippen LogP contribution in [-0.4, -0.2) is 74.0 Å². The quantitative estimate of drug-likeness (QED) is 0.731. The fourth-order valence-corrected chi connectivity index (χ4v) is 3.89. The number of carbonyl (C=O) groups excluding carboxylic acids is 1. The van der Waals surface area contributed by atoms with Crippen LogP contribution in [0, 0.1) is 0 Å². The summed E-state index contributed by atoms with van der Waals surface area (Å²) >= 11 is 0. The third-order valence-electron chi connectivity index (χ3n) is 4.79. The number of sulfonamides is 1. The van der Waals surface area contributed by atoms with E-state index in [0.717, 1.165) is 19.5 Å². The van der Waals surface area contributed by atoms with Gasteiger partial charge in [0, 0.05) is 52.7 Å². The standard InChI is InChI=1S/C18H29N3O3S/c1-4-17-15-21(18(22)10-13-25(23,24)19(2)3)12-11-20(17)14-16-8-6-5-7-9-16/h5-9,17H,4,10-15H2,1-3H3. The molecule has 1 aromatic carbocycles. The fraction of sp³-hybridized carbons (Fsp3) is 0.611. The van der Waals surface area contributed by atoms with E-state index in [1.54, 1.807) is 0 Å². The van der Waals surface area contributed by atoms with Gasteiger partial charge in [0.2, 0.25) is 15.9 Å². The highest BCUT2D eigenvalue weighted by Gasteiger charge is 2.29. The lowest BCUT2D eigenvalue weighted by molar-refractivity contribution is -0.134. The van der Waals surface area contributed by atoms with E-state index in [0.29, 0.717) is 19.1 Å². The van der Waals surface area contributed by atoms with Crippen LogP contribution in [0.3, 0.4) is 0 Å². The van der Waals surface area contributed by atoms with Gasteiger partial charge in [0.05, 0.1) is 5.75 Å². The maximum atomic E-state index is 12.4. The van der Waals surface area contributed by atoms with Gasteiger partial charge in [0.25, 0.3) is 0 Å². The first kappa shape index (κ1) is 19.9. The lowest BCUT2D eigenvalue weighted by Crippen LogP contribution is -2.54. The highest BCUT2D eigenvalue weighted by molar-refractivity contribution is 7.89. The van der Waals surface area contributed by atoms with Crippen molar-refractivity contribution in [1.82, 2.24) is 14.1 Å². The summed E-state index contributed by atoms with van der Waals surface area (Å²) in [6, 6.07) is 10.7. The molecule has 0 bridgehead atoms. The largest absolute Gasteiger partial charge is 0.340 e. The first-order valence-electron chi connectivity index (χ1n) is 8.79. The van der Waals surface area contributed by atoms with Crippen molar-refractivity contribution in [2.45, 2.75) is 32.4 Å². The molecular weight excluding hydrogens is 338 g/mol. The molecule has 25 heavy (non-hydrogen) atoms. The molecule has 7 heteroatoms. The Morgan fingerprint density at radius 3 is 2.48 bits per heavy atom. The molecule has 0 aromatic heterocycles. The minimum Gasteiger partial charge on any atom is -0.340 e. The summed E-state index contributed by atoms with van der Waals surface area (Å²) in [4.78, 5) is 16.7. The number of benzene rings is 1. The van der Waals surface area contributed by atoms with Crippen molar-refractivity contribution in [3.63, 3.8) is 0 Å². The van der Waals surface area contributed by atoms with E-state index in [1.165, 1.54) is 24.0 Å². The van der Waals surface area contributed by atoms with Crippen LogP contribution < -0.4 is 0 Å². The Labute approximate surface area is 151 Å². The Kier molecular flexibility index (Phi) is 6.98. The van der Waals surface area contributed by atoms with Crippen LogP contribution in [0.1, 0.15) is 25.3 Å². The van der Waals surface area contributed by atoms with Crippen LogP contribution in [0.5, 0.6) is 0 Å². The zero-order valence-electron chi connectivity index (χ0n) is 15.4. The van der Waals surface area contributed by atoms with Crippen LogP contribution in [0.15, 0.2) is 30.3 Å². The summed E-state index contributed by atoms with van der Waals surface area (Å²) in [5.41, 5.74) is 1.28. The molecule has 0 saturated carbocycles. The molecule has 1 aromatic rings. The zero-order chi connectivity index (χ0) is 18.4. The number of carbonyl (C=O) groups is 1. The van der Waals surface area contributed by atoms with Gasteiger partial charge in [-0.2, -0.15) is 0 Å². The number of rotatable bonds is 7. The SMILES string of the molecule is CCC1CN(C(=O)CCS(=O)(=O)N(C)C)CCN1Cc1ccccc1. The number of piperazine rings is 1. The third kappa shape index (κ3) is 5.52. The Balaban J connectivity index is 1.91. The summed E-state index contributed by atoms with van der Waals surface area (Å²) < 4.78 is 24.9. The van der Waals surface area contributed by atoms with Crippen molar-refractivity contribution in [3.8, 4) is 0 Å². The van der Waals surface area contributed by atoms with E-state index in [2.05, 4.69) is 24.0 Å². The van der Waals surface area contributed by atoms with Crippen LogP contribution in [-0.2, 0) is 21.4 Å². The van der Waals surface area contributed by atoms with Crippen molar-refractivity contribution in [3.05, 3.63) is 35.9 Å². The molecule has 0 N–H and O–H groups in total. The van der Waals surface area contributed by atoms with Gasteiger partial charge in [0.1, 0.15) is 0 Å². The van der Waals surface area contributed by atoms with Crippen LogP contribution in [0.25, 0.3) is 0 Å². The van der Waals surface area contributed by atoms with Gasteiger partial charge in [-0.05, 0) is 12.0 Å². The molecule has 1 saturated heterocycles. The molecule has 6 nitrogen and oxygen atoms in total.